The lowest BCUT2D eigenvalue weighted by molar-refractivity contribution is 0.0348. The maximum absolute atomic E-state index is 8.51. The van der Waals surface area contributed by atoms with E-state index in [1.54, 1.807) is 0 Å². The topological polar surface area (TPSA) is 69.9 Å². The van der Waals surface area contributed by atoms with Gasteiger partial charge in [-0.1, -0.05) is 0 Å². The fourth-order valence-electron chi connectivity index (χ4n) is 0.514. The molecule has 2 atom stereocenters. The van der Waals surface area contributed by atoms with Gasteiger partial charge in [-0.05, 0) is 6.42 Å². The molecule has 0 radical (unpaired) electrons. The number of methoxy groups -OCH3 is 1. The molecule has 0 bridgehead atoms. The molecule has 14 heavy (non-hydrogen) atoms. The maximum atomic E-state index is 8.51. The van der Waals surface area contributed by atoms with Crippen LogP contribution >= 0.6 is 23.2 Å². The molecule has 3 N–H and O–H groups in total. The highest BCUT2D eigenvalue weighted by Crippen LogP contribution is 2.03. The van der Waals surface area contributed by atoms with E-state index in [9.17, 15) is 0 Å². The van der Waals surface area contributed by atoms with Crippen LogP contribution in [-0.2, 0) is 4.74 Å². The van der Waals surface area contributed by atoms with E-state index >= 15 is 0 Å². The minimum atomic E-state index is -0.514. The zero-order valence-corrected chi connectivity index (χ0v) is 9.71. The highest BCUT2D eigenvalue weighted by molar-refractivity contribution is 6.21. The Morgan fingerprint density at radius 3 is 1.86 bits per heavy atom. The van der Waals surface area contributed by atoms with Gasteiger partial charge in [-0.25, -0.2) is 0 Å². The number of hydrogen-bond donors (Lipinski definition) is 3. The van der Waals surface area contributed by atoms with E-state index in [2.05, 4.69) is 0 Å². The fourth-order valence-corrected chi connectivity index (χ4v) is 0.816. The lowest BCUT2D eigenvalue weighted by Gasteiger charge is -2.15. The summed E-state index contributed by atoms with van der Waals surface area (Å²) in [6, 6.07) is 0. The zero-order valence-electron chi connectivity index (χ0n) is 8.20. The molecule has 4 nitrogen and oxygen atoms in total. The summed E-state index contributed by atoms with van der Waals surface area (Å²) in [6.07, 6.45) is 0.248. The van der Waals surface area contributed by atoms with E-state index in [1.807, 2.05) is 0 Å². The van der Waals surface area contributed by atoms with Gasteiger partial charge in [-0.15, -0.1) is 23.2 Å². The van der Waals surface area contributed by atoms with Crippen LogP contribution in [0.15, 0.2) is 0 Å². The minimum absolute atomic E-state index is 0.161. The average Bonchev–Trinajstić information content (AvgIpc) is 2.21. The van der Waals surface area contributed by atoms with E-state index in [0.717, 1.165) is 0 Å². The van der Waals surface area contributed by atoms with Crippen molar-refractivity contribution < 1.29 is 20.1 Å². The lowest BCUT2D eigenvalue weighted by Crippen LogP contribution is -2.29. The Balaban J connectivity index is 0. The number of halogens is 2. The molecule has 2 unspecified atom stereocenters. The molecule has 0 aliphatic rings. The molecule has 0 aliphatic heterocycles. The Hall–Kier alpha value is 0.420. The average molecular weight is 249 g/mol. The molecular weight excluding hydrogens is 231 g/mol. The van der Waals surface area contributed by atoms with Crippen molar-refractivity contribution >= 4 is 23.2 Å². The van der Waals surface area contributed by atoms with E-state index in [4.69, 9.17) is 43.3 Å². The molecule has 6 heteroatoms. The van der Waals surface area contributed by atoms with Crippen LogP contribution < -0.4 is 0 Å². The van der Waals surface area contributed by atoms with Crippen molar-refractivity contribution in [1.29, 1.82) is 0 Å². The largest absolute Gasteiger partial charge is 0.396 e. The minimum Gasteiger partial charge on any atom is -0.396 e. The molecule has 0 aromatic rings. The first kappa shape index (κ1) is 16.8. The number of rotatable bonds is 6. The molecule has 0 aromatic heterocycles. The van der Waals surface area contributed by atoms with Crippen LogP contribution in [0, 0.1) is 0 Å². The second kappa shape index (κ2) is 13.4. The van der Waals surface area contributed by atoms with Crippen molar-refractivity contribution in [2.45, 2.75) is 17.9 Å². The van der Waals surface area contributed by atoms with E-state index in [0.29, 0.717) is 12.3 Å². The Morgan fingerprint density at radius 2 is 1.79 bits per heavy atom. The van der Waals surface area contributed by atoms with Gasteiger partial charge < -0.3 is 20.1 Å². The Labute approximate surface area is 94.4 Å². The molecule has 0 heterocycles. The van der Waals surface area contributed by atoms with Crippen LogP contribution in [0.1, 0.15) is 6.42 Å². The number of aliphatic hydroxyl groups excluding tert-OH is 3. The van der Waals surface area contributed by atoms with Crippen molar-refractivity contribution in [2.75, 3.05) is 32.8 Å². The van der Waals surface area contributed by atoms with Gasteiger partial charge in [0.25, 0.3) is 0 Å². The monoisotopic (exact) mass is 248 g/mol. The van der Waals surface area contributed by atoms with Crippen LogP contribution in [0.5, 0.6) is 0 Å². The fraction of sp³-hybridized carbons (Fsp3) is 1.00. The molecule has 0 rings (SSSR count). The van der Waals surface area contributed by atoms with Gasteiger partial charge in [-0.2, -0.15) is 0 Å². The van der Waals surface area contributed by atoms with E-state index in [1.165, 1.54) is 7.11 Å². The molecule has 0 amide bonds. The zero-order chi connectivity index (χ0) is 11.4. The maximum Gasteiger partial charge on any atom is 0.0987 e. The third kappa shape index (κ3) is 10.5. The summed E-state index contributed by atoms with van der Waals surface area (Å²) >= 11 is 10.6. The second-order valence-corrected chi connectivity index (χ2v) is 3.36. The van der Waals surface area contributed by atoms with Crippen molar-refractivity contribution in [1.82, 2.24) is 0 Å². The Bertz CT molecular complexity index is 99.3. The van der Waals surface area contributed by atoms with Gasteiger partial charge in [0.15, 0.2) is 0 Å². The number of ether oxygens (including phenoxy) is 1. The van der Waals surface area contributed by atoms with E-state index in [-0.39, 0.29) is 19.8 Å². The molecule has 0 saturated heterocycles. The standard InChI is InChI=1S/C5H11ClO3.C3H7ClO/c1-9-5(3-8)4(6)2-7;4-2-1-3-5/h4-5,7-8H,2-3H2,1H3;5H,1-3H2. The molecule has 0 fully saturated rings. The Kier molecular flexibility index (Phi) is 16.1. The lowest BCUT2D eigenvalue weighted by atomic mass is 10.3. The first-order valence-electron chi connectivity index (χ1n) is 4.23. The van der Waals surface area contributed by atoms with Crippen LogP contribution in [0.3, 0.4) is 0 Å². The van der Waals surface area contributed by atoms with Crippen molar-refractivity contribution in [2.24, 2.45) is 0 Å². The van der Waals surface area contributed by atoms with Gasteiger partial charge in [0, 0.05) is 19.6 Å². The van der Waals surface area contributed by atoms with Crippen molar-refractivity contribution in [3.05, 3.63) is 0 Å². The summed E-state index contributed by atoms with van der Waals surface area (Å²) in [5, 5.41) is 24.4. The molecule has 0 aromatic carbocycles. The summed E-state index contributed by atoms with van der Waals surface area (Å²) in [5.41, 5.74) is 0. The third-order valence-corrected chi connectivity index (χ3v) is 2.04. The van der Waals surface area contributed by atoms with Gasteiger partial charge in [0.1, 0.15) is 0 Å². The highest BCUT2D eigenvalue weighted by Gasteiger charge is 2.15. The van der Waals surface area contributed by atoms with Gasteiger partial charge in [0.2, 0.25) is 0 Å². The summed E-state index contributed by atoms with van der Waals surface area (Å²) in [4.78, 5) is 0. The predicted octanol–water partition coefficient (Wildman–Crippen LogP) is 0.201. The van der Waals surface area contributed by atoms with Crippen molar-refractivity contribution in [3.8, 4) is 0 Å². The van der Waals surface area contributed by atoms with Crippen LogP contribution in [0.4, 0.5) is 0 Å². The number of aliphatic hydroxyl groups is 3. The number of hydrogen-bond acceptors (Lipinski definition) is 4. The Morgan fingerprint density at radius 1 is 1.21 bits per heavy atom. The second-order valence-electron chi connectivity index (χ2n) is 2.42. The van der Waals surface area contributed by atoms with Crippen LogP contribution in [0.25, 0.3) is 0 Å². The normalized spacial score (nSPS) is 14.1. The summed E-state index contributed by atoms with van der Waals surface area (Å²) in [7, 11) is 1.44. The van der Waals surface area contributed by atoms with Gasteiger partial charge in [0.05, 0.1) is 24.7 Å². The molecule has 0 saturated carbocycles. The molecule has 0 aliphatic carbocycles. The van der Waals surface area contributed by atoms with Gasteiger partial charge >= 0.3 is 0 Å². The molecule has 88 valence electrons. The van der Waals surface area contributed by atoms with Crippen molar-refractivity contribution in [3.63, 3.8) is 0 Å². The van der Waals surface area contributed by atoms with Crippen LogP contribution in [-0.4, -0.2) is 59.6 Å². The quantitative estimate of drug-likeness (QED) is 0.588. The smallest absolute Gasteiger partial charge is 0.0987 e. The highest BCUT2D eigenvalue weighted by atomic mass is 35.5. The summed E-state index contributed by atoms with van der Waals surface area (Å²) in [5.74, 6) is 0.566. The third-order valence-electron chi connectivity index (χ3n) is 1.35. The predicted molar refractivity (Wildman–Crippen MR) is 57.0 cm³/mol. The number of alkyl halides is 2. The van der Waals surface area contributed by atoms with Crippen LogP contribution in [0.2, 0.25) is 0 Å². The first-order chi connectivity index (χ1) is 6.67. The molecule has 0 spiro atoms. The van der Waals surface area contributed by atoms with E-state index < -0.39 is 11.5 Å². The molecular formula is C8H18Cl2O4. The first-order valence-corrected chi connectivity index (χ1v) is 5.20. The summed E-state index contributed by atoms with van der Waals surface area (Å²) < 4.78 is 4.71. The SMILES string of the molecule is COC(CO)C(Cl)CO.OCCCCl. The van der Waals surface area contributed by atoms with Gasteiger partial charge in [-0.3, -0.25) is 0 Å². The summed E-state index contributed by atoms with van der Waals surface area (Å²) in [6.45, 7) is -0.130.